The molecule has 2 aromatic rings. The molecule has 2 rings (SSSR count). The fraction of sp³-hybridized carbons (Fsp3) is 0.400. The Bertz CT molecular complexity index is 712. The van der Waals surface area contributed by atoms with Crippen molar-refractivity contribution < 1.29 is 9.53 Å². The first-order valence-corrected chi connectivity index (χ1v) is 7.73. The van der Waals surface area contributed by atoms with Gasteiger partial charge in [0, 0.05) is 5.25 Å². The molecule has 6 heteroatoms. The summed E-state index contributed by atoms with van der Waals surface area (Å²) in [6.45, 7) is 3.89. The van der Waals surface area contributed by atoms with E-state index in [2.05, 4.69) is 14.7 Å². The maximum Gasteiger partial charge on any atom is 0.306 e. The number of ether oxygens (including phenoxy) is 1. The number of esters is 1. The van der Waals surface area contributed by atoms with E-state index in [1.54, 1.807) is 17.8 Å². The second-order valence-corrected chi connectivity index (χ2v) is 6.31. The van der Waals surface area contributed by atoms with E-state index in [0.29, 0.717) is 23.4 Å². The molecular weight excluding hydrogens is 288 g/mol. The van der Waals surface area contributed by atoms with E-state index in [9.17, 15) is 9.59 Å². The minimum atomic E-state index is -0.231. The Balaban J connectivity index is 2.14. The third kappa shape index (κ3) is 3.85. The molecule has 21 heavy (non-hydrogen) atoms. The fourth-order valence-corrected chi connectivity index (χ4v) is 2.85. The maximum absolute atomic E-state index is 12.0. The standard InChI is InChI=1S/C15H18N2O3S/c1-9-5-4-6-11-14(9)16-12(17-15(11)19)8-21-10(2)7-13(18)20-3/h4-6,10H,7-8H2,1-3H3,(H,16,17,19). The second kappa shape index (κ2) is 6.76. The van der Waals surface area contributed by atoms with Crippen LogP contribution in [0.5, 0.6) is 0 Å². The number of methoxy groups -OCH3 is 1. The molecule has 0 saturated heterocycles. The molecular formula is C15H18N2O3S. The second-order valence-electron chi connectivity index (χ2n) is 4.89. The number of H-pyrrole nitrogens is 1. The van der Waals surface area contributed by atoms with Crippen molar-refractivity contribution in [1.82, 2.24) is 9.97 Å². The Morgan fingerprint density at radius 2 is 2.24 bits per heavy atom. The Morgan fingerprint density at radius 3 is 2.95 bits per heavy atom. The highest BCUT2D eigenvalue weighted by atomic mass is 32.2. The highest BCUT2D eigenvalue weighted by Crippen LogP contribution is 2.19. The fourth-order valence-electron chi connectivity index (χ4n) is 2.02. The van der Waals surface area contributed by atoms with Crippen molar-refractivity contribution in [3.05, 3.63) is 39.9 Å². The number of rotatable bonds is 5. The van der Waals surface area contributed by atoms with Crippen molar-refractivity contribution in [2.24, 2.45) is 0 Å². The molecule has 0 amide bonds. The van der Waals surface area contributed by atoms with E-state index in [1.807, 2.05) is 26.0 Å². The van der Waals surface area contributed by atoms with Gasteiger partial charge in [0.1, 0.15) is 5.82 Å². The molecule has 0 aliphatic heterocycles. The Labute approximate surface area is 127 Å². The normalized spacial score (nSPS) is 12.3. The lowest BCUT2D eigenvalue weighted by atomic mass is 10.1. The molecule has 1 atom stereocenters. The van der Waals surface area contributed by atoms with Gasteiger partial charge in [0.25, 0.3) is 5.56 Å². The molecule has 0 bridgehead atoms. The lowest BCUT2D eigenvalue weighted by molar-refractivity contribution is -0.140. The zero-order valence-electron chi connectivity index (χ0n) is 12.3. The number of carbonyl (C=O) groups excluding carboxylic acids is 1. The third-order valence-electron chi connectivity index (χ3n) is 3.17. The summed E-state index contributed by atoms with van der Waals surface area (Å²) in [6.07, 6.45) is 0.345. The quantitative estimate of drug-likeness (QED) is 0.859. The van der Waals surface area contributed by atoms with Gasteiger partial charge in [0.15, 0.2) is 0 Å². The van der Waals surface area contributed by atoms with Gasteiger partial charge in [-0.1, -0.05) is 19.1 Å². The van der Waals surface area contributed by atoms with Gasteiger partial charge >= 0.3 is 5.97 Å². The molecule has 0 fully saturated rings. The SMILES string of the molecule is COC(=O)CC(C)SCc1nc2c(C)cccc2c(=O)[nH]1. The van der Waals surface area contributed by atoms with Crippen LogP contribution in [-0.4, -0.2) is 28.3 Å². The number of nitrogens with zero attached hydrogens (tertiary/aromatic N) is 1. The number of carbonyl (C=O) groups is 1. The molecule has 0 radical (unpaired) electrons. The summed E-state index contributed by atoms with van der Waals surface area (Å²) in [4.78, 5) is 30.6. The number of hydrogen-bond acceptors (Lipinski definition) is 5. The van der Waals surface area contributed by atoms with Crippen LogP contribution in [0.1, 0.15) is 24.7 Å². The predicted molar refractivity (Wildman–Crippen MR) is 84.5 cm³/mol. The Morgan fingerprint density at radius 1 is 1.48 bits per heavy atom. The molecule has 1 N–H and O–H groups in total. The van der Waals surface area contributed by atoms with Crippen molar-refractivity contribution in [2.75, 3.05) is 7.11 Å². The van der Waals surface area contributed by atoms with Crippen LogP contribution in [0.15, 0.2) is 23.0 Å². The molecule has 0 aliphatic carbocycles. The highest BCUT2D eigenvalue weighted by molar-refractivity contribution is 7.99. The highest BCUT2D eigenvalue weighted by Gasteiger charge is 2.11. The summed E-state index contributed by atoms with van der Waals surface area (Å²) >= 11 is 1.56. The van der Waals surface area contributed by atoms with Crippen molar-refractivity contribution in [2.45, 2.75) is 31.3 Å². The summed E-state index contributed by atoms with van der Waals surface area (Å²) < 4.78 is 4.64. The van der Waals surface area contributed by atoms with Gasteiger partial charge in [-0.05, 0) is 18.6 Å². The maximum atomic E-state index is 12.0. The number of aryl methyl sites for hydroxylation is 1. The summed E-state index contributed by atoms with van der Waals surface area (Å²) in [6, 6.07) is 5.55. The number of nitrogens with one attached hydrogen (secondary N) is 1. The summed E-state index contributed by atoms with van der Waals surface area (Å²) in [5.74, 6) is 0.951. The monoisotopic (exact) mass is 306 g/mol. The van der Waals surface area contributed by atoms with Crippen LogP contribution in [0, 0.1) is 6.92 Å². The number of aromatic nitrogens is 2. The molecule has 112 valence electrons. The van der Waals surface area contributed by atoms with Crippen molar-refractivity contribution in [1.29, 1.82) is 0 Å². The van der Waals surface area contributed by atoms with E-state index in [1.165, 1.54) is 7.11 Å². The minimum absolute atomic E-state index is 0.107. The first-order chi connectivity index (χ1) is 10.0. The van der Waals surface area contributed by atoms with Crippen LogP contribution < -0.4 is 5.56 Å². The zero-order valence-corrected chi connectivity index (χ0v) is 13.1. The lowest BCUT2D eigenvalue weighted by Crippen LogP contribution is -2.13. The smallest absolute Gasteiger partial charge is 0.306 e. The largest absolute Gasteiger partial charge is 0.469 e. The van der Waals surface area contributed by atoms with Gasteiger partial charge in [-0.15, -0.1) is 0 Å². The van der Waals surface area contributed by atoms with Gasteiger partial charge < -0.3 is 9.72 Å². The van der Waals surface area contributed by atoms with E-state index in [0.717, 1.165) is 11.1 Å². The minimum Gasteiger partial charge on any atom is -0.469 e. The van der Waals surface area contributed by atoms with Crippen LogP contribution in [0.25, 0.3) is 10.9 Å². The lowest BCUT2D eigenvalue weighted by Gasteiger charge is -2.10. The zero-order chi connectivity index (χ0) is 15.4. The van der Waals surface area contributed by atoms with Crippen molar-refractivity contribution in [3.8, 4) is 0 Å². The van der Waals surface area contributed by atoms with Crippen LogP contribution in [-0.2, 0) is 15.3 Å². The number of aromatic amines is 1. The number of benzene rings is 1. The molecule has 1 unspecified atom stereocenters. The topological polar surface area (TPSA) is 72.0 Å². The number of hydrogen-bond donors (Lipinski definition) is 1. The molecule has 1 heterocycles. The van der Waals surface area contributed by atoms with Crippen LogP contribution in [0.3, 0.4) is 0 Å². The van der Waals surface area contributed by atoms with Gasteiger partial charge in [-0.3, -0.25) is 9.59 Å². The first kappa shape index (κ1) is 15.6. The average molecular weight is 306 g/mol. The number of thioether (sulfide) groups is 1. The molecule has 0 spiro atoms. The predicted octanol–water partition coefficient (Wildman–Crippen LogP) is 2.42. The van der Waals surface area contributed by atoms with E-state index < -0.39 is 0 Å². The van der Waals surface area contributed by atoms with Gasteiger partial charge in [-0.25, -0.2) is 4.98 Å². The van der Waals surface area contributed by atoms with E-state index in [4.69, 9.17) is 0 Å². The third-order valence-corrected chi connectivity index (χ3v) is 4.35. The van der Waals surface area contributed by atoms with Crippen molar-refractivity contribution in [3.63, 3.8) is 0 Å². The summed E-state index contributed by atoms with van der Waals surface area (Å²) in [5.41, 5.74) is 1.59. The van der Waals surface area contributed by atoms with E-state index >= 15 is 0 Å². The molecule has 1 aromatic heterocycles. The van der Waals surface area contributed by atoms with Gasteiger partial charge in [0.2, 0.25) is 0 Å². The average Bonchev–Trinajstić information content (AvgIpc) is 2.46. The molecule has 5 nitrogen and oxygen atoms in total. The molecule has 0 saturated carbocycles. The first-order valence-electron chi connectivity index (χ1n) is 6.68. The number of para-hydroxylation sites is 1. The van der Waals surface area contributed by atoms with Crippen LogP contribution in [0.2, 0.25) is 0 Å². The molecule has 0 aliphatic rings. The summed E-state index contributed by atoms with van der Waals surface area (Å²) in [5, 5.41) is 0.710. The van der Waals surface area contributed by atoms with E-state index in [-0.39, 0.29) is 16.8 Å². The molecule has 1 aromatic carbocycles. The van der Waals surface area contributed by atoms with Crippen LogP contribution in [0.4, 0.5) is 0 Å². The number of fused-ring (bicyclic) bond motifs is 1. The Hall–Kier alpha value is -1.82. The van der Waals surface area contributed by atoms with Crippen LogP contribution >= 0.6 is 11.8 Å². The van der Waals surface area contributed by atoms with Gasteiger partial charge in [0.05, 0.1) is 30.2 Å². The summed E-state index contributed by atoms with van der Waals surface area (Å²) in [7, 11) is 1.38. The Kier molecular flexibility index (Phi) is 5.01. The van der Waals surface area contributed by atoms with Crippen molar-refractivity contribution >= 4 is 28.6 Å². The van der Waals surface area contributed by atoms with Gasteiger partial charge in [-0.2, -0.15) is 11.8 Å².